The number of hydrogen-bond donors (Lipinski definition) is 1. The van der Waals surface area contributed by atoms with Crippen molar-refractivity contribution in [1.82, 2.24) is 15.0 Å². The lowest BCUT2D eigenvalue weighted by molar-refractivity contribution is -0.121. The number of hydrogen-bond acceptors (Lipinski definition) is 5. The van der Waals surface area contributed by atoms with Crippen molar-refractivity contribution >= 4 is 34.8 Å². The van der Waals surface area contributed by atoms with Crippen LogP contribution in [-0.4, -0.2) is 34.0 Å². The summed E-state index contributed by atoms with van der Waals surface area (Å²) < 4.78 is 5.41. The van der Waals surface area contributed by atoms with Gasteiger partial charge in [0.2, 0.25) is 17.6 Å². The molecule has 0 bridgehead atoms. The van der Waals surface area contributed by atoms with Crippen molar-refractivity contribution in [2.75, 3.05) is 18.4 Å². The quantitative estimate of drug-likeness (QED) is 0.474. The third kappa shape index (κ3) is 5.49. The molecule has 1 amide bonds. The molecular formula is C24H26Cl2N4O2. The largest absolute Gasteiger partial charge is 0.338 e. The maximum absolute atomic E-state index is 12.7. The molecule has 1 aromatic heterocycles. The summed E-state index contributed by atoms with van der Waals surface area (Å²) in [5, 5.41) is 8.14. The lowest BCUT2D eigenvalue weighted by Crippen LogP contribution is -2.37. The van der Waals surface area contributed by atoms with E-state index >= 15 is 0 Å². The summed E-state index contributed by atoms with van der Waals surface area (Å²) in [5.74, 6) is 1.53. The summed E-state index contributed by atoms with van der Waals surface area (Å²) in [7, 11) is 0. The van der Waals surface area contributed by atoms with E-state index in [-0.39, 0.29) is 11.8 Å². The highest BCUT2D eigenvalue weighted by atomic mass is 35.5. The Morgan fingerprint density at radius 3 is 2.53 bits per heavy atom. The number of carbonyl (C=O) groups excluding carboxylic acids is 1. The average molecular weight is 473 g/mol. The van der Waals surface area contributed by atoms with E-state index in [2.05, 4.69) is 46.3 Å². The van der Waals surface area contributed by atoms with Gasteiger partial charge in [-0.2, -0.15) is 4.98 Å². The summed E-state index contributed by atoms with van der Waals surface area (Å²) >= 11 is 12.2. The molecule has 1 fully saturated rings. The maximum Gasteiger partial charge on any atom is 0.241 e. The number of likely N-dealkylation sites (tertiary alicyclic amines) is 1. The van der Waals surface area contributed by atoms with Crippen LogP contribution in [0.25, 0.3) is 11.4 Å². The van der Waals surface area contributed by atoms with Gasteiger partial charge in [-0.05, 0) is 67.7 Å². The zero-order chi connectivity index (χ0) is 22.7. The van der Waals surface area contributed by atoms with Crippen LogP contribution in [0.5, 0.6) is 0 Å². The van der Waals surface area contributed by atoms with Crippen molar-refractivity contribution in [2.24, 2.45) is 5.92 Å². The Bertz CT molecular complexity index is 1070. The summed E-state index contributed by atoms with van der Waals surface area (Å²) in [6, 6.07) is 13.3. The number of aromatic nitrogens is 2. The molecule has 1 aliphatic rings. The molecular weight excluding hydrogens is 447 g/mol. The predicted molar refractivity (Wildman–Crippen MR) is 127 cm³/mol. The van der Waals surface area contributed by atoms with Gasteiger partial charge in [0.15, 0.2) is 0 Å². The molecule has 3 aromatic rings. The van der Waals surface area contributed by atoms with E-state index in [0.29, 0.717) is 39.8 Å². The first-order chi connectivity index (χ1) is 15.4. The molecule has 4 rings (SSSR count). The standard InChI is InChI=1S/C24H26Cl2N4O2/c1-15(2)16-3-6-19(7-4-16)27-24(31)17-9-11-30(12-10-17)14-22-28-23(29-32-22)20-8-5-18(25)13-21(20)26/h3-8,13,15,17H,9-12,14H2,1-2H3,(H,27,31). The van der Waals surface area contributed by atoms with E-state index < -0.39 is 0 Å². The normalized spacial score (nSPS) is 15.3. The van der Waals surface area contributed by atoms with Gasteiger partial charge in [0.05, 0.1) is 11.6 Å². The summed E-state index contributed by atoms with van der Waals surface area (Å²) in [6.07, 6.45) is 1.58. The fraction of sp³-hybridized carbons (Fsp3) is 0.375. The number of rotatable bonds is 6. The Labute approximate surface area is 197 Å². The number of benzene rings is 2. The lowest BCUT2D eigenvalue weighted by Gasteiger charge is -2.30. The monoisotopic (exact) mass is 472 g/mol. The van der Waals surface area contributed by atoms with E-state index in [1.54, 1.807) is 18.2 Å². The van der Waals surface area contributed by atoms with Crippen LogP contribution in [0.1, 0.15) is 44.1 Å². The maximum atomic E-state index is 12.7. The second-order valence-corrected chi connectivity index (χ2v) is 9.30. The predicted octanol–water partition coefficient (Wildman–Crippen LogP) is 6.02. The van der Waals surface area contributed by atoms with Gasteiger partial charge in [0.25, 0.3) is 0 Å². The number of nitrogens with zero attached hydrogens (tertiary/aromatic N) is 3. The summed E-state index contributed by atoms with van der Waals surface area (Å²) in [6.45, 7) is 6.45. The van der Waals surface area contributed by atoms with Crippen LogP contribution in [0.2, 0.25) is 10.0 Å². The number of nitrogens with one attached hydrogen (secondary N) is 1. The first-order valence-corrected chi connectivity index (χ1v) is 11.6. The number of amides is 1. The number of anilines is 1. The first kappa shape index (κ1) is 22.8. The molecule has 1 aliphatic heterocycles. The molecule has 0 aliphatic carbocycles. The molecule has 32 heavy (non-hydrogen) atoms. The van der Waals surface area contributed by atoms with Gasteiger partial charge >= 0.3 is 0 Å². The van der Waals surface area contributed by atoms with Gasteiger partial charge in [-0.3, -0.25) is 9.69 Å². The van der Waals surface area contributed by atoms with Gasteiger partial charge in [0, 0.05) is 22.2 Å². The Kier molecular flexibility index (Phi) is 7.13. The number of halogens is 2. The summed E-state index contributed by atoms with van der Waals surface area (Å²) in [4.78, 5) is 19.4. The molecule has 1 N–H and O–H groups in total. The molecule has 2 aromatic carbocycles. The van der Waals surface area contributed by atoms with Crippen LogP contribution in [0, 0.1) is 5.92 Å². The first-order valence-electron chi connectivity index (χ1n) is 10.8. The van der Waals surface area contributed by atoms with E-state index in [9.17, 15) is 4.79 Å². The minimum absolute atomic E-state index is 0.00199. The van der Waals surface area contributed by atoms with Crippen LogP contribution in [0.3, 0.4) is 0 Å². The molecule has 1 saturated heterocycles. The van der Waals surface area contributed by atoms with Crippen LogP contribution < -0.4 is 5.32 Å². The highest BCUT2D eigenvalue weighted by Crippen LogP contribution is 2.29. The van der Waals surface area contributed by atoms with E-state index in [0.717, 1.165) is 31.6 Å². The molecule has 0 spiro atoms. The van der Waals surface area contributed by atoms with E-state index in [1.165, 1.54) is 5.56 Å². The van der Waals surface area contributed by atoms with Crippen molar-refractivity contribution in [2.45, 2.75) is 39.2 Å². The Morgan fingerprint density at radius 1 is 1.16 bits per heavy atom. The topological polar surface area (TPSA) is 71.3 Å². The molecule has 0 saturated carbocycles. The highest BCUT2D eigenvalue weighted by molar-refractivity contribution is 6.36. The van der Waals surface area contributed by atoms with Crippen LogP contribution in [-0.2, 0) is 11.3 Å². The smallest absolute Gasteiger partial charge is 0.241 e. The molecule has 2 heterocycles. The van der Waals surface area contributed by atoms with Gasteiger partial charge in [0.1, 0.15) is 0 Å². The zero-order valence-corrected chi connectivity index (χ0v) is 19.7. The molecule has 0 radical (unpaired) electrons. The SMILES string of the molecule is CC(C)c1ccc(NC(=O)C2CCN(Cc3nc(-c4ccc(Cl)cc4Cl)no3)CC2)cc1. The third-order valence-corrected chi connectivity index (χ3v) is 6.35. The van der Waals surface area contributed by atoms with Gasteiger partial charge in [-0.15, -0.1) is 0 Å². The molecule has 168 valence electrons. The van der Waals surface area contributed by atoms with E-state index in [4.69, 9.17) is 27.7 Å². The van der Waals surface area contributed by atoms with Gasteiger partial charge in [-0.1, -0.05) is 54.3 Å². The van der Waals surface area contributed by atoms with Crippen molar-refractivity contribution in [3.63, 3.8) is 0 Å². The van der Waals surface area contributed by atoms with Crippen molar-refractivity contribution in [1.29, 1.82) is 0 Å². The lowest BCUT2D eigenvalue weighted by atomic mass is 9.95. The number of piperidine rings is 1. The highest BCUT2D eigenvalue weighted by Gasteiger charge is 2.26. The zero-order valence-electron chi connectivity index (χ0n) is 18.1. The van der Waals surface area contributed by atoms with Crippen molar-refractivity contribution in [3.05, 3.63) is 64.0 Å². The van der Waals surface area contributed by atoms with Crippen LogP contribution in [0.15, 0.2) is 47.0 Å². The Morgan fingerprint density at radius 2 is 1.88 bits per heavy atom. The molecule has 0 atom stereocenters. The van der Waals surface area contributed by atoms with E-state index in [1.807, 2.05) is 12.1 Å². The minimum atomic E-state index is 0.00199. The van der Waals surface area contributed by atoms with Crippen molar-refractivity contribution < 1.29 is 9.32 Å². The Hall–Kier alpha value is -2.41. The Balaban J connectivity index is 1.28. The fourth-order valence-electron chi connectivity index (χ4n) is 3.84. The van der Waals surface area contributed by atoms with Crippen LogP contribution >= 0.6 is 23.2 Å². The molecule has 6 nitrogen and oxygen atoms in total. The second-order valence-electron chi connectivity index (χ2n) is 8.45. The minimum Gasteiger partial charge on any atom is -0.338 e. The van der Waals surface area contributed by atoms with Gasteiger partial charge in [-0.25, -0.2) is 0 Å². The van der Waals surface area contributed by atoms with Crippen molar-refractivity contribution in [3.8, 4) is 11.4 Å². The molecule has 8 heteroatoms. The average Bonchev–Trinajstić information content (AvgIpc) is 3.22. The molecule has 0 unspecified atom stereocenters. The van der Waals surface area contributed by atoms with Crippen LogP contribution in [0.4, 0.5) is 5.69 Å². The summed E-state index contributed by atoms with van der Waals surface area (Å²) in [5.41, 5.74) is 2.79. The second kappa shape index (κ2) is 10.0. The third-order valence-electron chi connectivity index (χ3n) is 5.80. The van der Waals surface area contributed by atoms with Gasteiger partial charge < -0.3 is 9.84 Å². The number of carbonyl (C=O) groups is 1. The fourth-order valence-corrected chi connectivity index (χ4v) is 4.33.